The Kier molecular flexibility index (Phi) is 6.33. The van der Waals surface area contributed by atoms with Crippen molar-refractivity contribution in [1.29, 1.82) is 0 Å². The topological polar surface area (TPSA) is 52.7 Å². The molecule has 1 aromatic carbocycles. The summed E-state index contributed by atoms with van der Waals surface area (Å²) in [5.41, 5.74) is 1.23. The third kappa shape index (κ3) is 4.40. The monoisotopic (exact) mass is 337 g/mol. The van der Waals surface area contributed by atoms with E-state index in [0.717, 1.165) is 11.4 Å². The van der Waals surface area contributed by atoms with Gasteiger partial charge in [0.1, 0.15) is 17.0 Å². The highest BCUT2D eigenvalue weighted by atomic mass is 32.2. The smallest absolute Gasteiger partial charge is 0.239 e. The Balaban J connectivity index is 2.19. The Hall–Kier alpha value is -1.24. The van der Waals surface area contributed by atoms with Crippen LogP contribution in [0.5, 0.6) is 0 Å². The van der Waals surface area contributed by atoms with Crippen LogP contribution in [0.3, 0.4) is 0 Å². The quantitative estimate of drug-likeness (QED) is 0.888. The number of likely N-dealkylation sites (N-methyl/N-ethyl adjacent to an activating group) is 2. The number of carbonyl (C=O) groups excluding carboxylic acids is 1. The number of rotatable bonds is 5. The van der Waals surface area contributed by atoms with E-state index >= 15 is 0 Å². The van der Waals surface area contributed by atoms with Crippen LogP contribution in [-0.4, -0.2) is 58.6 Å². The highest BCUT2D eigenvalue weighted by Crippen LogP contribution is 2.21. The minimum absolute atomic E-state index is 0.0498. The molecule has 0 saturated carbocycles. The first-order valence-corrected chi connectivity index (χ1v) is 9.29. The van der Waals surface area contributed by atoms with Gasteiger partial charge in [-0.15, -0.1) is 0 Å². The number of hydrogen-bond acceptors (Lipinski definition) is 3. The SMILES string of the molecule is CCNC(=O)[C@H]1CN(C)CCN1S(=O)c1ccc(C(C)C)cc1. The summed E-state index contributed by atoms with van der Waals surface area (Å²) < 4.78 is 14.8. The van der Waals surface area contributed by atoms with Crippen molar-refractivity contribution in [3.63, 3.8) is 0 Å². The number of nitrogens with one attached hydrogen (secondary N) is 1. The van der Waals surface area contributed by atoms with Gasteiger partial charge in [-0.1, -0.05) is 26.0 Å². The van der Waals surface area contributed by atoms with Gasteiger partial charge >= 0.3 is 0 Å². The van der Waals surface area contributed by atoms with E-state index in [4.69, 9.17) is 0 Å². The molecule has 0 aromatic heterocycles. The lowest BCUT2D eigenvalue weighted by molar-refractivity contribution is -0.126. The van der Waals surface area contributed by atoms with E-state index in [1.54, 1.807) is 0 Å². The molecule has 6 heteroatoms. The number of amides is 1. The third-order valence-corrected chi connectivity index (χ3v) is 5.69. The first-order valence-electron chi connectivity index (χ1n) is 8.18. The van der Waals surface area contributed by atoms with Crippen molar-refractivity contribution in [3.05, 3.63) is 29.8 Å². The minimum Gasteiger partial charge on any atom is -0.355 e. The highest BCUT2D eigenvalue weighted by molar-refractivity contribution is 7.82. The molecule has 1 N–H and O–H groups in total. The molecule has 0 bridgehead atoms. The van der Waals surface area contributed by atoms with Crippen LogP contribution >= 0.6 is 0 Å². The van der Waals surface area contributed by atoms with Crippen LogP contribution in [0.2, 0.25) is 0 Å². The summed E-state index contributed by atoms with van der Waals surface area (Å²) in [6, 6.07) is 7.50. The first-order chi connectivity index (χ1) is 10.9. The molecule has 0 aliphatic carbocycles. The molecule has 1 aromatic rings. The Morgan fingerprint density at radius 3 is 2.52 bits per heavy atom. The molecule has 0 radical (unpaired) electrons. The zero-order valence-corrected chi connectivity index (χ0v) is 15.2. The lowest BCUT2D eigenvalue weighted by Crippen LogP contribution is -2.58. The van der Waals surface area contributed by atoms with Gasteiger partial charge in [0.05, 0.1) is 4.90 Å². The van der Waals surface area contributed by atoms with Crippen LogP contribution in [0.1, 0.15) is 32.3 Å². The molecule has 1 saturated heterocycles. The zero-order valence-electron chi connectivity index (χ0n) is 14.4. The Morgan fingerprint density at radius 2 is 1.96 bits per heavy atom. The molecular weight excluding hydrogens is 310 g/mol. The van der Waals surface area contributed by atoms with Gasteiger partial charge < -0.3 is 10.2 Å². The standard InChI is InChI=1S/C17H27N3O2S/c1-5-18-17(21)16-12-19(4)10-11-20(16)23(22)15-8-6-14(7-9-15)13(2)3/h6-9,13,16H,5,10-12H2,1-4H3,(H,18,21)/t16-,23?/m1/s1. The van der Waals surface area contributed by atoms with Crippen LogP contribution < -0.4 is 5.32 Å². The van der Waals surface area contributed by atoms with Crippen LogP contribution in [0.25, 0.3) is 0 Å². The molecular formula is C17H27N3O2S. The Bertz CT molecular complexity index is 559. The predicted octanol–water partition coefficient (Wildman–Crippen LogP) is 1.58. The average Bonchev–Trinajstić information content (AvgIpc) is 2.54. The second-order valence-electron chi connectivity index (χ2n) is 6.29. The van der Waals surface area contributed by atoms with Crippen molar-refractivity contribution in [2.75, 3.05) is 33.2 Å². The van der Waals surface area contributed by atoms with E-state index in [0.29, 0.717) is 25.6 Å². The van der Waals surface area contributed by atoms with Gasteiger partial charge in [-0.2, -0.15) is 0 Å². The predicted molar refractivity (Wildman–Crippen MR) is 93.6 cm³/mol. The average molecular weight is 337 g/mol. The maximum absolute atomic E-state index is 12.9. The summed E-state index contributed by atoms with van der Waals surface area (Å²) >= 11 is 0. The minimum atomic E-state index is -1.31. The van der Waals surface area contributed by atoms with Crippen LogP contribution in [0.15, 0.2) is 29.2 Å². The lowest BCUT2D eigenvalue weighted by Gasteiger charge is -2.37. The number of benzene rings is 1. The highest BCUT2D eigenvalue weighted by Gasteiger charge is 2.34. The van der Waals surface area contributed by atoms with Gasteiger partial charge in [-0.05, 0) is 37.6 Å². The maximum Gasteiger partial charge on any atom is 0.239 e. The molecule has 1 unspecified atom stereocenters. The maximum atomic E-state index is 12.9. The largest absolute Gasteiger partial charge is 0.355 e. The normalized spacial score (nSPS) is 21.3. The van der Waals surface area contributed by atoms with Gasteiger partial charge in [-0.3, -0.25) is 4.79 Å². The van der Waals surface area contributed by atoms with Gasteiger partial charge in [0.2, 0.25) is 5.91 Å². The Labute approximate surface area is 141 Å². The summed E-state index contributed by atoms with van der Waals surface area (Å²) in [7, 11) is 0.675. The molecule has 5 nitrogen and oxygen atoms in total. The number of carbonyl (C=O) groups is 1. The van der Waals surface area contributed by atoms with E-state index in [2.05, 4.69) is 24.1 Å². The summed E-state index contributed by atoms with van der Waals surface area (Å²) in [4.78, 5) is 15.2. The van der Waals surface area contributed by atoms with Gasteiger partial charge in [0.15, 0.2) is 0 Å². The Morgan fingerprint density at radius 1 is 1.30 bits per heavy atom. The van der Waals surface area contributed by atoms with E-state index in [9.17, 15) is 9.00 Å². The molecule has 2 rings (SSSR count). The molecule has 1 heterocycles. The molecule has 1 aliphatic heterocycles. The van der Waals surface area contributed by atoms with Crippen molar-refractivity contribution >= 4 is 16.9 Å². The van der Waals surface area contributed by atoms with Crippen molar-refractivity contribution in [1.82, 2.24) is 14.5 Å². The lowest BCUT2D eigenvalue weighted by atomic mass is 10.0. The van der Waals surface area contributed by atoms with E-state index < -0.39 is 11.0 Å². The number of piperazine rings is 1. The van der Waals surface area contributed by atoms with E-state index in [1.165, 1.54) is 5.56 Å². The fraction of sp³-hybridized carbons (Fsp3) is 0.588. The molecule has 128 valence electrons. The number of nitrogens with zero attached hydrogens (tertiary/aromatic N) is 2. The van der Waals surface area contributed by atoms with Gasteiger partial charge in [0.25, 0.3) is 0 Å². The third-order valence-electron chi connectivity index (χ3n) is 4.15. The fourth-order valence-electron chi connectivity index (χ4n) is 2.71. The van der Waals surface area contributed by atoms with Crippen LogP contribution in [-0.2, 0) is 15.8 Å². The molecule has 2 atom stereocenters. The van der Waals surface area contributed by atoms with Crippen LogP contribution in [0.4, 0.5) is 0 Å². The molecule has 0 spiro atoms. The zero-order chi connectivity index (χ0) is 17.0. The summed E-state index contributed by atoms with van der Waals surface area (Å²) in [6.07, 6.45) is 0. The number of hydrogen-bond donors (Lipinski definition) is 1. The molecule has 23 heavy (non-hydrogen) atoms. The van der Waals surface area contributed by atoms with E-state index in [-0.39, 0.29) is 11.9 Å². The van der Waals surface area contributed by atoms with Crippen molar-refractivity contribution in [2.24, 2.45) is 0 Å². The summed E-state index contributed by atoms with van der Waals surface area (Å²) in [6.45, 7) is 8.79. The van der Waals surface area contributed by atoms with Crippen molar-refractivity contribution < 1.29 is 9.00 Å². The molecule has 1 fully saturated rings. The summed E-state index contributed by atoms with van der Waals surface area (Å²) in [5.74, 6) is 0.399. The molecule has 1 amide bonds. The fourth-order valence-corrected chi connectivity index (χ4v) is 3.99. The van der Waals surface area contributed by atoms with Gasteiger partial charge in [0, 0.05) is 26.2 Å². The van der Waals surface area contributed by atoms with E-state index in [1.807, 2.05) is 42.5 Å². The van der Waals surface area contributed by atoms with Crippen molar-refractivity contribution in [3.8, 4) is 0 Å². The van der Waals surface area contributed by atoms with Crippen molar-refractivity contribution in [2.45, 2.75) is 37.6 Å². The van der Waals surface area contributed by atoms with Gasteiger partial charge in [-0.25, -0.2) is 8.51 Å². The second-order valence-corrected chi connectivity index (χ2v) is 7.72. The van der Waals surface area contributed by atoms with Crippen LogP contribution in [0, 0.1) is 0 Å². The summed E-state index contributed by atoms with van der Waals surface area (Å²) in [5, 5.41) is 2.85. The second kappa shape index (κ2) is 8.04. The molecule has 1 aliphatic rings. The first kappa shape index (κ1) is 18.1.